The molecule has 0 bridgehead atoms. The van der Waals surface area contributed by atoms with Gasteiger partial charge in [-0.3, -0.25) is 9.59 Å². The van der Waals surface area contributed by atoms with E-state index in [2.05, 4.69) is 5.32 Å². The Hall–Kier alpha value is -3.09. The van der Waals surface area contributed by atoms with Crippen LogP contribution in [0.25, 0.3) is 10.8 Å². The molecular weight excluding hydrogens is 512 g/mol. The average Bonchev–Trinajstić information content (AvgIpc) is 2.91. The topological polar surface area (TPSA) is 78.9 Å². The average molecular weight is 551 g/mol. The Labute approximate surface area is 236 Å². The van der Waals surface area contributed by atoms with E-state index in [1.165, 1.54) is 0 Å². The summed E-state index contributed by atoms with van der Waals surface area (Å²) in [5.74, 6) is -0.0608. The Bertz CT molecular complexity index is 1350. The number of hydrogen-bond acceptors (Lipinski definition) is 4. The maximum atomic E-state index is 13.7. The van der Waals surface area contributed by atoms with Crippen molar-refractivity contribution in [3.8, 4) is 5.75 Å². The quantitative estimate of drug-likeness (QED) is 0.384. The molecule has 1 heterocycles. The number of benzene rings is 3. The SMILES string of the molecule is COc1ccc2cc([C@@H](C)C(=O)N[C@@H](C(=O)N3CC[C@](O)(c4ccc(Cl)cc4)C(C)(C)C3)C(C)C)ccc2c1. The van der Waals surface area contributed by atoms with E-state index in [0.29, 0.717) is 24.5 Å². The van der Waals surface area contributed by atoms with Crippen LogP contribution in [0, 0.1) is 11.3 Å². The highest BCUT2D eigenvalue weighted by molar-refractivity contribution is 6.30. The van der Waals surface area contributed by atoms with E-state index in [-0.39, 0.29) is 17.7 Å². The smallest absolute Gasteiger partial charge is 0.245 e. The van der Waals surface area contributed by atoms with Crippen LogP contribution in [0.1, 0.15) is 58.1 Å². The number of nitrogens with one attached hydrogen (secondary N) is 1. The third-order valence-corrected chi connectivity index (χ3v) is 8.53. The van der Waals surface area contributed by atoms with Crippen molar-refractivity contribution < 1.29 is 19.4 Å². The minimum Gasteiger partial charge on any atom is -0.497 e. The lowest BCUT2D eigenvalue weighted by Gasteiger charge is -2.51. The second kappa shape index (κ2) is 11.2. The number of hydrogen-bond donors (Lipinski definition) is 2. The molecule has 0 saturated carbocycles. The molecule has 1 fully saturated rings. The van der Waals surface area contributed by atoms with E-state index in [1.54, 1.807) is 24.1 Å². The Morgan fingerprint density at radius 2 is 1.64 bits per heavy atom. The first kappa shape index (κ1) is 28.9. The maximum Gasteiger partial charge on any atom is 0.245 e. The largest absolute Gasteiger partial charge is 0.497 e. The van der Waals surface area contributed by atoms with Gasteiger partial charge in [-0.1, -0.05) is 75.7 Å². The standard InChI is InChI=1S/C32H39ClN2O4/c1-20(2)28(34-29(36)21(3)22-7-8-24-18-27(39-6)14-9-23(24)17-22)30(37)35-16-15-32(38,31(4,5)19-35)25-10-12-26(33)13-11-25/h7-14,17-18,20-21,28,38H,15-16,19H2,1-6H3,(H,34,36)/t21-,28-,32+/m1/s1. The molecule has 0 radical (unpaired) electrons. The van der Waals surface area contributed by atoms with E-state index in [0.717, 1.165) is 27.6 Å². The lowest BCUT2D eigenvalue weighted by Crippen LogP contribution is -2.60. The van der Waals surface area contributed by atoms with Crippen LogP contribution < -0.4 is 10.1 Å². The van der Waals surface area contributed by atoms with Crippen molar-refractivity contribution in [2.45, 2.75) is 58.6 Å². The number of aliphatic hydroxyl groups is 1. The van der Waals surface area contributed by atoms with Crippen molar-refractivity contribution in [2.75, 3.05) is 20.2 Å². The van der Waals surface area contributed by atoms with E-state index < -0.39 is 23.0 Å². The van der Waals surface area contributed by atoms with Gasteiger partial charge in [-0.05, 0) is 65.4 Å². The van der Waals surface area contributed by atoms with Crippen LogP contribution in [0.2, 0.25) is 5.02 Å². The van der Waals surface area contributed by atoms with Gasteiger partial charge in [0.2, 0.25) is 11.8 Å². The molecule has 0 aliphatic carbocycles. The van der Waals surface area contributed by atoms with E-state index in [1.807, 2.05) is 83.1 Å². The molecule has 39 heavy (non-hydrogen) atoms. The molecule has 208 valence electrons. The molecule has 1 saturated heterocycles. The molecule has 3 atom stereocenters. The van der Waals surface area contributed by atoms with Gasteiger partial charge in [0.15, 0.2) is 0 Å². The minimum absolute atomic E-state index is 0.0992. The number of halogens is 1. The van der Waals surface area contributed by atoms with Crippen LogP contribution in [-0.4, -0.2) is 48.1 Å². The first-order chi connectivity index (χ1) is 18.4. The highest BCUT2D eigenvalue weighted by Crippen LogP contribution is 2.46. The van der Waals surface area contributed by atoms with Crippen LogP contribution in [0.15, 0.2) is 60.7 Å². The minimum atomic E-state index is -1.10. The molecule has 2 N–H and O–H groups in total. The molecule has 6 nitrogen and oxygen atoms in total. The molecular formula is C32H39ClN2O4. The second-order valence-corrected chi connectivity index (χ2v) is 12.1. The van der Waals surface area contributed by atoms with Crippen molar-refractivity contribution >= 4 is 34.2 Å². The zero-order valence-corrected chi connectivity index (χ0v) is 24.4. The summed E-state index contributed by atoms with van der Waals surface area (Å²) in [5, 5.41) is 17.4. The molecule has 0 aromatic heterocycles. The summed E-state index contributed by atoms with van der Waals surface area (Å²) in [6.07, 6.45) is 0.393. The Morgan fingerprint density at radius 3 is 2.26 bits per heavy atom. The van der Waals surface area contributed by atoms with Crippen molar-refractivity contribution in [3.05, 3.63) is 76.8 Å². The van der Waals surface area contributed by atoms with Crippen molar-refractivity contribution in [2.24, 2.45) is 11.3 Å². The van der Waals surface area contributed by atoms with Gasteiger partial charge >= 0.3 is 0 Å². The maximum absolute atomic E-state index is 13.7. The molecule has 3 aromatic carbocycles. The molecule has 4 rings (SSSR count). The van der Waals surface area contributed by atoms with Gasteiger partial charge in [-0.25, -0.2) is 0 Å². The van der Waals surface area contributed by atoms with Crippen LogP contribution in [0.3, 0.4) is 0 Å². The van der Waals surface area contributed by atoms with Gasteiger partial charge in [0.1, 0.15) is 11.8 Å². The zero-order valence-electron chi connectivity index (χ0n) is 23.6. The number of fused-ring (bicyclic) bond motifs is 1. The fraction of sp³-hybridized carbons (Fsp3) is 0.438. The normalized spacial score (nSPS) is 20.5. The molecule has 0 unspecified atom stereocenters. The van der Waals surface area contributed by atoms with Crippen LogP contribution >= 0.6 is 11.6 Å². The number of likely N-dealkylation sites (tertiary alicyclic amines) is 1. The summed E-state index contributed by atoms with van der Waals surface area (Å²) >= 11 is 6.06. The Balaban J connectivity index is 1.48. The predicted octanol–water partition coefficient (Wildman–Crippen LogP) is 5.89. The number of nitrogens with zero attached hydrogens (tertiary/aromatic N) is 1. The second-order valence-electron chi connectivity index (χ2n) is 11.7. The van der Waals surface area contributed by atoms with Crippen LogP contribution in [-0.2, 0) is 15.2 Å². The first-order valence-corrected chi connectivity index (χ1v) is 13.9. The summed E-state index contributed by atoms with van der Waals surface area (Å²) in [4.78, 5) is 28.9. The summed E-state index contributed by atoms with van der Waals surface area (Å²) in [5.41, 5.74) is -0.0337. The van der Waals surface area contributed by atoms with Crippen LogP contribution in [0.5, 0.6) is 5.75 Å². The Kier molecular flexibility index (Phi) is 8.29. The van der Waals surface area contributed by atoms with Gasteiger partial charge in [-0.2, -0.15) is 0 Å². The van der Waals surface area contributed by atoms with E-state index in [9.17, 15) is 14.7 Å². The van der Waals surface area contributed by atoms with E-state index >= 15 is 0 Å². The highest BCUT2D eigenvalue weighted by atomic mass is 35.5. The Morgan fingerprint density at radius 1 is 1.00 bits per heavy atom. The number of carbonyl (C=O) groups is 2. The van der Waals surface area contributed by atoms with Crippen LogP contribution in [0.4, 0.5) is 0 Å². The van der Waals surface area contributed by atoms with Crippen molar-refractivity contribution in [1.82, 2.24) is 10.2 Å². The molecule has 0 spiro atoms. The summed E-state index contributed by atoms with van der Waals surface area (Å²) in [6, 6.07) is 18.4. The number of methoxy groups -OCH3 is 1. The summed E-state index contributed by atoms with van der Waals surface area (Å²) < 4.78 is 5.31. The lowest BCUT2D eigenvalue weighted by molar-refractivity contribution is -0.156. The van der Waals surface area contributed by atoms with E-state index in [4.69, 9.17) is 16.3 Å². The first-order valence-electron chi connectivity index (χ1n) is 13.5. The van der Waals surface area contributed by atoms with Gasteiger partial charge in [0, 0.05) is 23.5 Å². The molecule has 1 aliphatic heterocycles. The third kappa shape index (κ3) is 5.78. The highest BCUT2D eigenvalue weighted by Gasteiger charge is 2.50. The fourth-order valence-electron chi connectivity index (χ4n) is 5.55. The number of rotatable bonds is 7. The fourth-order valence-corrected chi connectivity index (χ4v) is 5.68. The molecule has 7 heteroatoms. The number of piperidine rings is 1. The van der Waals surface area contributed by atoms with Crippen molar-refractivity contribution in [1.29, 1.82) is 0 Å². The molecule has 1 aliphatic rings. The number of ether oxygens (including phenoxy) is 1. The van der Waals surface area contributed by atoms with Crippen molar-refractivity contribution in [3.63, 3.8) is 0 Å². The van der Waals surface area contributed by atoms with Gasteiger partial charge in [0.25, 0.3) is 0 Å². The zero-order chi connectivity index (χ0) is 28.5. The number of amides is 2. The number of carbonyl (C=O) groups excluding carboxylic acids is 2. The third-order valence-electron chi connectivity index (χ3n) is 8.28. The van der Waals surface area contributed by atoms with Gasteiger partial charge in [-0.15, -0.1) is 0 Å². The molecule has 3 aromatic rings. The monoisotopic (exact) mass is 550 g/mol. The van der Waals surface area contributed by atoms with Gasteiger partial charge < -0.3 is 20.1 Å². The summed E-state index contributed by atoms with van der Waals surface area (Å²) in [6.45, 7) is 10.4. The lowest BCUT2D eigenvalue weighted by atomic mass is 9.66. The predicted molar refractivity (Wildman–Crippen MR) is 156 cm³/mol. The van der Waals surface area contributed by atoms with Gasteiger partial charge in [0.05, 0.1) is 18.6 Å². The summed E-state index contributed by atoms with van der Waals surface area (Å²) in [7, 11) is 1.64. The molecule has 2 amide bonds.